The van der Waals surface area contributed by atoms with Crippen LogP contribution in [-0.2, 0) is 0 Å². The molecule has 1 fully saturated rings. The minimum Gasteiger partial charge on any atom is -0.346 e. The number of carbonyl (C=O) groups is 1. The topological polar surface area (TPSA) is 56.9 Å². The van der Waals surface area contributed by atoms with E-state index in [1.807, 2.05) is 0 Å². The van der Waals surface area contributed by atoms with Crippen LogP contribution in [0.15, 0.2) is 6.07 Å². The van der Waals surface area contributed by atoms with E-state index in [9.17, 15) is 4.79 Å². The predicted octanol–water partition coefficient (Wildman–Crippen LogP) is 2.19. The molecule has 17 heavy (non-hydrogen) atoms. The summed E-state index contributed by atoms with van der Waals surface area (Å²) in [5.74, 6) is -0.167. The number of carbonyl (C=O) groups excluding carboxylic acids is 1. The number of hydrogen-bond donors (Lipinski definition) is 3. The summed E-state index contributed by atoms with van der Waals surface area (Å²) >= 11 is 11.6. The standard InChI is InChI=1S/C11H15Cl2N3O/c1-6-8(3-2-4-14-6)16-11(17)9-5-7(12)10(13)15-9/h5-6,8,14-15H,2-4H2,1H3,(H,16,17). The molecule has 2 rings (SSSR count). The van der Waals surface area contributed by atoms with E-state index in [-0.39, 0.29) is 18.0 Å². The maximum atomic E-state index is 11.9. The summed E-state index contributed by atoms with van der Waals surface area (Å²) in [5, 5.41) is 6.97. The minimum atomic E-state index is -0.167. The lowest BCUT2D eigenvalue weighted by Gasteiger charge is -2.30. The molecule has 2 atom stereocenters. The zero-order valence-electron chi connectivity index (χ0n) is 9.52. The summed E-state index contributed by atoms with van der Waals surface area (Å²) in [5.41, 5.74) is 0.401. The monoisotopic (exact) mass is 275 g/mol. The van der Waals surface area contributed by atoms with Crippen molar-refractivity contribution in [2.24, 2.45) is 0 Å². The summed E-state index contributed by atoms with van der Waals surface area (Å²) in [4.78, 5) is 14.7. The normalized spacial score (nSPS) is 24.6. The van der Waals surface area contributed by atoms with Crippen LogP contribution in [0.5, 0.6) is 0 Å². The fraction of sp³-hybridized carbons (Fsp3) is 0.545. The first-order valence-electron chi connectivity index (χ1n) is 5.66. The molecule has 1 saturated heterocycles. The van der Waals surface area contributed by atoms with Crippen LogP contribution >= 0.6 is 23.2 Å². The number of aromatic nitrogens is 1. The van der Waals surface area contributed by atoms with Crippen molar-refractivity contribution in [2.75, 3.05) is 6.54 Å². The van der Waals surface area contributed by atoms with Gasteiger partial charge < -0.3 is 15.6 Å². The Balaban J connectivity index is 2.01. The van der Waals surface area contributed by atoms with Crippen molar-refractivity contribution in [1.29, 1.82) is 0 Å². The van der Waals surface area contributed by atoms with Crippen molar-refractivity contribution >= 4 is 29.1 Å². The summed E-state index contributed by atoms with van der Waals surface area (Å²) in [6.45, 7) is 3.08. The van der Waals surface area contributed by atoms with Gasteiger partial charge in [-0.1, -0.05) is 23.2 Å². The van der Waals surface area contributed by atoms with E-state index < -0.39 is 0 Å². The van der Waals surface area contributed by atoms with Crippen LogP contribution in [-0.4, -0.2) is 29.5 Å². The highest BCUT2D eigenvalue weighted by Crippen LogP contribution is 2.22. The highest BCUT2D eigenvalue weighted by atomic mass is 35.5. The van der Waals surface area contributed by atoms with Crippen LogP contribution in [0.25, 0.3) is 0 Å². The Bertz CT molecular complexity index is 399. The molecule has 3 N–H and O–H groups in total. The molecule has 2 heterocycles. The summed E-state index contributed by atoms with van der Waals surface area (Å²) < 4.78 is 0. The fourth-order valence-electron chi connectivity index (χ4n) is 2.01. The van der Waals surface area contributed by atoms with E-state index in [0.717, 1.165) is 19.4 Å². The van der Waals surface area contributed by atoms with Crippen LogP contribution < -0.4 is 10.6 Å². The Labute approximate surface area is 110 Å². The van der Waals surface area contributed by atoms with E-state index in [4.69, 9.17) is 23.2 Å². The molecule has 1 aromatic heterocycles. The molecule has 0 aromatic carbocycles. The second-order valence-electron chi connectivity index (χ2n) is 4.31. The molecule has 1 aliphatic heterocycles. The number of hydrogen-bond acceptors (Lipinski definition) is 2. The van der Waals surface area contributed by atoms with Gasteiger partial charge in [-0.05, 0) is 32.4 Å². The Kier molecular flexibility index (Phi) is 3.97. The average Bonchev–Trinajstić information content (AvgIpc) is 2.63. The first kappa shape index (κ1) is 12.7. The van der Waals surface area contributed by atoms with Crippen molar-refractivity contribution in [3.63, 3.8) is 0 Å². The minimum absolute atomic E-state index is 0.150. The zero-order valence-corrected chi connectivity index (χ0v) is 11.0. The number of aromatic amines is 1. The number of H-pyrrole nitrogens is 1. The Hall–Kier alpha value is -0.710. The highest BCUT2D eigenvalue weighted by molar-refractivity contribution is 6.41. The molecule has 0 spiro atoms. The van der Waals surface area contributed by atoms with Gasteiger partial charge in [0.15, 0.2) is 0 Å². The van der Waals surface area contributed by atoms with Gasteiger partial charge in [0.05, 0.1) is 5.02 Å². The van der Waals surface area contributed by atoms with Crippen molar-refractivity contribution < 1.29 is 4.79 Å². The van der Waals surface area contributed by atoms with Crippen LogP contribution in [0, 0.1) is 0 Å². The van der Waals surface area contributed by atoms with Gasteiger partial charge in [0, 0.05) is 12.1 Å². The van der Waals surface area contributed by atoms with Gasteiger partial charge in [0.2, 0.25) is 0 Å². The summed E-state index contributed by atoms with van der Waals surface area (Å²) in [7, 11) is 0. The summed E-state index contributed by atoms with van der Waals surface area (Å²) in [6, 6.07) is 1.98. The molecule has 0 aliphatic carbocycles. The van der Waals surface area contributed by atoms with Crippen molar-refractivity contribution in [3.05, 3.63) is 21.9 Å². The largest absolute Gasteiger partial charge is 0.346 e. The lowest BCUT2D eigenvalue weighted by molar-refractivity contribution is 0.0915. The van der Waals surface area contributed by atoms with Crippen LogP contribution in [0.1, 0.15) is 30.3 Å². The first-order valence-corrected chi connectivity index (χ1v) is 6.42. The summed E-state index contributed by atoms with van der Waals surface area (Å²) in [6.07, 6.45) is 2.06. The van der Waals surface area contributed by atoms with Crippen molar-refractivity contribution in [3.8, 4) is 0 Å². The fourth-order valence-corrected chi connectivity index (χ4v) is 2.33. The average molecular weight is 276 g/mol. The third kappa shape index (κ3) is 2.94. The van der Waals surface area contributed by atoms with E-state index in [0.29, 0.717) is 15.9 Å². The lowest BCUT2D eigenvalue weighted by atomic mass is 10.00. The molecule has 1 aromatic rings. The number of amides is 1. The van der Waals surface area contributed by atoms with Gasteiger partial charge in [-0.3, -0.25) is 4.79 Å². The van der Waals surface area contributed by atoms with E-state index in [1.165, 1.54) is 0 Å². The number of nitrogens with one attached hydrogen (secondary N) is 3. The number of rotatable bonds is 2. The number of piperidine rings is 1. The van der Waals surface area contributed by atoms with Crippen LogP contribution in [0.4, 0.5) is 0 Å². The molecule has 1 amide bonds. The quantitative estimate of drug-likeness (QED) is 0.775. The SMILES string of the molecule is CC1NCCCC1NC(=O)c1cc(Cl)c(Cl)[nH]1. The van der Waals surface area contributed by atoms with Crippen LogP contribution in [0.3, 0.4) is 0 Å². The maximum absolute atomic E-state index is 11.9. The van der Waals surface area contributed by atoms with Gasteiger partial charge in [0.25, 0.3) is 5.91 Å². The Morgan fingerprint density at radius 1 is 1.53 bits per heavy atom. The molecule has 0 saturated carbocycles. The smallest absolute Gasteiger partial charge is 0.268 e. The molecular formula is C11H15Cl2N3O. The third-order valence-corrected chi connectivity index (χ3v) is 3.74. The maximum Gasteiger partial charge on any atom is 0.268 e. The lowest BCUT2D eigenvalue weighted by Crippen LogP contribution is -2.51. The Morgan fingerprint density at radius 3 is 2.88 bits per heavy atom. The van der Waals surface area contributed by atoms with E-state index >= 15 is 0 Å². The van der Waals surface area contributed by atoms with E-state index in [1.54, 1.807) is 6.07 Å². The molecular weight excluding hydrogens is 261 g/mol. The first-order chi connectivity index (χ1) is 8.08. The molecule has 1 aliphatic rings. The molecule has 4 nitrogen and oxygen atoms in total. The third-order valence-electron chi connectivity index (χ3n) is 3.05. The zero-order chi connectivity index (χ0) is 12.4. The highest BCUT2D eigenvalue weighted by Gasteiger charge is 2.23. The molecule has 0 bridgehead atoms. The Morgan fingerprint density at radius 2 is 2.29 bits per heavy atom. The second kappa shape index (κ2) is 5.29. The van der Waals surface area contributed by atoms with Crippen molar-refractivity contribution in [1.82, 2.24) is 15.6 Å². The van der Waals surface area contributed by atoms with Gasteiger partial charge >= 0.3 is 0 Å². The van der Waals surface area contributed by atoms with Crippen LogP contribution in [0.2, 0.25) is 10.2 Å². The number of halogens is 2. The van der Waals surface area contributed by atoms with Gasteiger partial charge in [-0.15, -0.1) is 0 Å². The van der Waals surface area contributed by atoms with Crippen molar-refractivity contribution in [2.45, 2.75) is 31.8 Å². The van der Waals surface area contributed by atoms with Gasteiger partial charge in [-0.25, -0.2) is 0 Å². The molecule has 94 valence electrons. The molecule has 0 radical (unpaired) electrons. The second-order valence-corrected chi connectivity index (χ2v) is 5.10. The molecule has 2 unspecified atom stereocenters. The molecule has 6 heteroatoms. The van der Waals surface area contributed by atoms with E-state index in [2.05, 4.69) is 22.5 Å². The van der Waals surface area contributed by atoms with Gasteiger partial charge in [-0.2, -0.15) is 0 Å². The predicted molar refractivity (Wildman–Crippen MR) is 68.8 cm³/mol. The van der Waals surface area contributed by atoms with Gasteiger partial charge in [0.1, 0.15) is 10.8 Å².